The van der Waals surface area contributed by atoms with Crippen LogP contribution < -0.4 is 5.32 Å². The van der Waals surface area contributed by atoms with Gasteiger partial charge in [-0.05, 0) is 29.8 Å². The number of carbonyl (C=O) groups excluding carboxylic acids is 1. The van der Waals surface area contributed by atoms with Crippen LogP contribution in [0.5, 0.6) is 0 Å². The number of hydrogen-bond acceptors (Lipinski definition) is 3. The highest BCUT2D eigenvalue weighted by Crippen LogP contribution is 2.29. The van der Waals surface area contributed by atoms with Crippen molar-refractivity contribution in [1.29, 1.82) is 5.26 Å². The van der Waals surface area contributed by atoms with Gasteiger partial charge in [-0.2, -0.15) is 5.26 Å². The van der Waals surface area contributed by atoms with Gasteiger partial charge in [0.2, 0.25) is 5.91 Å². The van der Waals surface area contributed by atoms with E-state index in [0.717, 1.165) is 5.56 Å². The van der Waals surface area contributed by atoms with Crippen molar-refractivity contribution < 1.29 is 4.79 Å². The van der Waals surface area contributed by atoms with E-state index in [4.69, 9.17) is 28.5 Å². The fraction of sp³-hybridized carbons (Fsp3) is 0.125. The molecule has 0 atom stereocenters. The normalized spacial score (nSPS) is 10.0. The molecule has 6 heteroatoms. The highest BCUT2D eigenvalue weighted by atomic mass is 35.5. The lowest BCUT2D eigenvalue weighted by Crippen LogP contribution is -2.14. The number of hydrogen-bond donors (Lipinski definition) is 1. The van der Waals surface area contributed by atoms with E-state index >= 15 is 0 Å². The van der Waals surface area contributed by atoms with Crippen LogP contribution in [-0.4, -0.2) is 11.7 Å². The smallest absolute Gasteiger partial charge is 0.234 e. The fourth-order valence-corrected chi connectivity index (χ4v) is 3.05. The number of anilines is 1. The van der Waals surface area contributed by atoms with E-state index in [1.807, 2.05) is 18.2 Å². The highest BCUT2D eigenvalue weighted by molar-refractivity contribution is 7.99. The highest BCUT2D eigenvalue weighted by Gasteiger charge is 2.09. The predicted octanol–water partition coefficient (Wildman–Crippen LogP) is 4.74. The minimum Gasteiger partial charge on any atom is -0.323 e. The second-order valence-electron chi connectivity index (χ2n) is 4.45. The summed E-state index contributed by atoms with van der Waals surface area (Å²) in [4.78, 5) is 11.9. The summed E-state index contributed by atoms with van der Waals surface area (Å²) in [6, 6.07) is 14.5. The summed E-state index contributed by atoms with van der Waals surface area (Å²) >= 11 is 13.5. The Morgan fingerprint density at radius 2 is 1.86 bits per heavy atom. The molecule has 0 aliphatic heterocycles. The first-order valence-corrected chi connectivity index (χ1v) is 8.32. The summed E-state index contributed by atoms with van der Waals surface area (Å²) in [5.74, 6) is 0.758. The fourth-order valence-electron chi connectivity index (χ4n) is 1.78. The van der Waals surface area contributed by atoms with Crippen molar-refractivity contribution >= 4 is 46.6 Å². The van der Waals surface area contributed by atoms with E-state index in [-0.39, 0.29) is 11.7 Å². The zero-order valence-electron chi connectivity index (χ0n) is 11.5. The summed E-state index contributed by atoms with van der Waals surface area (Å²) < 4.78 is 0. The van der Waals surface area contributed by atoms with E-state index in [1.165, 1.54) is 11.8 Å². The number of rotatable bonds is 5. The summed E-state index contributed by atoms with van der Waals surface area (Å²) in [5, 5.41) is 12.4. The van der Waals surface area contributed by atoms with E-state index < -0.39 is 0 Å². The first-order chi connectivity index (χ1) is 10.6. The van der Waals surface area contributed by atoms with Crippen molar-refractivity contribution in [3.8, 4) is 6.07 Å². The Labute approximate surface area is 143 Å². The third kappa shape index (κ3) is 4.67. The van der Waals surface area contributed by atoms with Crippen LogP contribution in [0.15, 0.2) is 42.5 Å². The van der Waals surface area contributed by atoms with Gasteiger partial charge in [0, 0.05) is 5.75 Å². The molecule has 0 aliphatic rings. The molecule has 1 amide bonds. The molecule has 2 aromatic carbocycles. The Kier molecular flexibility index (Phi) is 6.14. The summed E-state index contributed by atoms with van der Waals surface area (Å²) in [5.41, 5.74) is 2.06. The number of benzene rings is 2. The van der Waals surface area contributed by atoms with Gasteiger partial charge < -0.3 is 5.32 Å². The molecule has 0 aromatic heterocycles. The van der Waals surface area contributed by atoms with Crippen LogP contribution in [0.1, 0.15) is 11.1 Å². The van der Waals surface area contributed by atoms with Crippen molar-refractivity contribution in [2.24, 2.45) is 0 Å². The second-order valence-corrected chi connectivity index (χ2v) is 6.25. The quantitative estimate of drug-likeness (QED) is 0.847. The minimum atomic E-state index is -0.170. The topological polar surface area (TPSA) is 52.9 Å². The van der Waals surface area contributed by atoms with Crippen molar-refractivity contribution in [2.45, 2.75) is 5.75 Å². The molecule has 2 rings (SSSR count). The number of nitrogens with zero attached hydrogens (tertiary/aromatic N) is 1. The Balaban J connectivity index is 1.87. The van der Waals surface area contributed by atoms with E-state index in [2.05, 4.69) is 11.4 Å². The molecule has 0 aliphatic carbocycles. The molecule has 0 unspecified atom stereocenters. The Morgan fingerprint density at radius 1 is 1.18 bits per heavy atom. The van der Waals surface area contributed by atoms with Crippen LogP contribution in [-0.2, 0) is 10.5 Å². The second kappa shape index (κ2) is 8.09. The van der Waals surface area contributed by atoms with Gasteiger partial charge in [0.05, 0.1) is 33.1 Å². The number of nitrogens with one attached hydrogen (secondary N) is 1. The maximum atomic E-state index is 11.9. The summed E-state index contributed by atoms with van der Waals surface area (Å²) in [6.45, 7) is 0. The molecule has 0 bridgehead atoms. The lowest BCUT2D eigenvalue weighted by Gasteiger charge is -2.09. The lowest BCUT2D eigenvalue weighted by atomic mass is 10.2. The van der Waals surface area contributed by atoms with Crippen molar-refractivity contribution in [3.05, 3.63) is 63.6 Å². The molecular formula is C16H12Cl2N2OS. The van der Waals surface area contributed by atoms with Crippen molar-refractivity contribution in [3.63, 3.8) is 0 Å². The molecular weight excluding hydrogens is 339 g/mol. The minimum absolute atomic E-state index is 0.170. The van der Waals surface area contributed by atoms with Gasteiger partial charge in [-0.15, -0.1) is 11.8 Å². The van der Waals surface area contributed by atoms with Crippen LogP contribution in [0.2, 0.25) is 10.0 Å². The van der Waals surface area contributed by atoms with Gasteiger partial charge in [-0.1, -0.05) is 41.4 Å². The van der Waals surface area contributed by atoms with Crippen LogP contribution in [0.4, 0.5) is 5.69 Å². The molecule has 0 heterocycles. The largest absolute Gasteiger partial charge is 0.323 e. The zero-order chi connectivity index (χ0) is 15.9. The van der Waals surface area contributed by atoms with Gasteiger partial charge in [0.25, 0.3) is 0 Å². The molecule has 0 radical (unpaired) electrons. The molecule has 0 saturated carbocycles. The summed E-state index contributed by atoms with van der Waals surface area (Å²) in [6.07, 6.45) is 0. The maximum Gasteiger partial charge on any atom is 0.234 e. The molecule has 1 N–H and O–H groups in total. The van der Waals surface area contributed by atoms with Gasteiger partial charge in [0.15, 0.2) is 0 Å². The SMILES string of the molecule is N#Cc1cccc(CSCC(=O)Nc2c(Cl)cccc2Cl)c1. The average Bonchev–Trinajstić information content (AvgIpc) is 2.51. The first-order valence-electron chi connectivity index (χ1n) is 6.41. The van der Waals surface area contributed by atoms with E-state index in [1.54, 1.807) is 24.3 Å². The third-order valence-corrected chi connectivity index (χ3v) is 4.42. The van der Waals surface area contributed by atoms with Crippen LogP contribution >= 0.6 is 35.0 Å². The molecule has 2 aromatic rings. The molecule has 0 saturated heterocycles. The van der Waals surface area contributed by atoms with Gasteiger partial charge in [-0.25, -0.2) is 0 Å². The molecule has 3 nitrogen and oxygen atoms in total. The Hall–Kier alpha value is -1.67. The monoisotopic (exact) mass is 350 g/mol. The number of nitriles is 1. The molecule has 22 heavy (non-hydrogen) atoms. The molecule has 112 valence electrons. The van der Waals surface area contributed by atoms with E-state index in [9.17, 15) is 4.79 Å². The Morgan fingerprint density at radius 3 is 2.55 bits per heavy atom. The van der Waals surface area contributed by atoms with Crippen LogP contribution in [0, 0.1) is 11.3 Å². The van der Waals surface area contributed by atoms with Crippen LogP contribution in [0.25, 0.3) is 0 Å². The number of para-hydroxylation sites is 1. The number of thioether (sulfide) groups is 1. The number of halogens is 2. The number of carbonyl (C=O) groups is 1. The molecule has 0 spiro atoms. The van der Waals surface area contributed by atoms with Gasteiger partial charge in [-0.3, -0.25) is 4.79 Å². The Bertz CT molecular complexity index is 708. The summed E-state index contributed by atoms with van der Waals surface area (Å²) in [7, 11) is 0. The lowest BCUT2D eigenvalue weighted by molar-refractivity contribution is -0.113. The average molecular weight is 351 g/mol. The van der Waals surface area contributed by atoms with Crippen molar-refractivity contribution in [1.82, 2.24) is 0 Å². The van der Waals surface area contributed by atoms with E-state index in [0.29, 0.717) is 27.0 Å². The third-order valence-electron chi connectivity index (χ3n) is 2.79. The van der Waals surface area contributed by atoms with Crippen molar-refractivity contribution in [2.75, 3.05) is 11.1 Å². The van der Waals surface area contributed by atoms with Crippen LogP contribution in [0.3, 0.4) is 0 Å². The first kappa shape index (κ1) is 16.7. The number of amides is 1. The molecule has 0 fully saturated rings. The zero-order valence-corrected chi connectivity index (χ0v) is 13.8. The standard InChI is InChI=1S/C16H12Cl2N2OS/c17-13-5-2-6-14(18)16(13)20-15(21)10-22-9-12-4-1-3-11(7-12)8-19/h1-7H,9-10H2,(H,20,21). The van der Waals surface area contributed by atoms with Gasteiger partial charge >= 0.3 is 0 Å². The van der Waals surface area contributed by atoms with Gasteiger partial charge in [0.1, 0.15) is 0 Å². The predicted molar refractivity (Wildman–Crippen MR) is 92.4 cm³/mol. The maximum absolute atomic E-state index is 11.9.